The first-order chi connectivity index (χ1) is 12.8. The maximum absolute atomic E-state index is 12.6. The quantitative estimate of drug-likeness (QED) is 0.694. The van der Waals surface area contributed by atoms with Gasteiger partial charge in [-0.25, -0.2) is 4.79 Å². The van der Waals surface area contributed by atoms with Crippen molar-refractivity contribution in [2.45, 2.75) is 33.4 Å². The Balaban J connectivity index is 2.08. The molecule has 1 aromatic carbocycles. The Kier molecular flexibility index (Phi) is 6.75. The standard InChI is InChI=1S/C18H23N3O6/c1-10(2)16(18(23)26-9-15-21-20-11(3)27-15)19-17(22)12-6-13(24-4)8-14(7-12)25-5/h6-8,10,16H,9H2,1-5H3,(H,19,22)/t16-/m1/s1. The van der Waals surface area contributed by atoms with Crippen molar-refractivity contribution in [3.8, 4) is 11.5 Å². The summed E-state index contributed by atoms with van der Waals surface area (Å²) in [5.41, 5.74) is 0.303. The highest BCUT2D eigenvalue weighted by Crippen LogP contribution is 2.22. The summed E-state index contributed by atoms with van der Waals surface area (Å²) in [6, 6.07) is 3.92. The summed E-state index contributed by atoms with van der Waals surface area (Å²) in [4.78, 5) is 25.0. The van der Waals surface area contributed by atoms with E-state index in [2.05, 4.69) is 15.5 Å². The lowest BCUT2D eigenvalue weighted by atomic mass is 10.0. The minimum Gasteiger partial charge on any atom is -0.497 e. The SMILES string of the molecule is COc1cc(OC)cc(C(=O)N[C@@H](C(=O)OCc2nnc(C)o2)C(C)C)c1. The van der Waals surface area contributed by atoms with Gasteiger partial charge in [-0.3, -0.25) is 4.79 Å². The molecule has 1 aromatic heterocycles. The molecule has 0 radical (unpaired) electrons. The summed E-state index contributed by atoms with van der Waals surface area (Å²) in [5, 5.41) is 10.1. The lowest BCUT2D eigenvalue weighted by Crippen LogP contribution is -2.45. The number of benzene rings is 1. The Morgan fingerprint density at radius 2 is 1.74 bits per heavy atom. The van der Waals surface area contributed by atoms with Crippen LogP contribution in [0.5, 0.6) is 11.5 Å². The summed E-state index contributed by atoms with van der Waals surface area (Å²) in [6.07, 6.45) is 0. The topological polar surface area (TPSA) is 113 Å². The summed E-state index contributed by atoms with van der Waals surface area (Å²) in [7, 11) is 2.98. The van der Waals surface area contributed by atoms with Crippen LogP contribution in [0.4, 0.5) is 0 Å². The fourth-order valence-corrected chi connectivity index (χ4v) is 2.28. The van der Waals surface area contributed by atoms with E-state index in [9.17, 15) is 9.59 Å². The van der Waals surface area contributed by atoms with Crippen LogP contribution in [0, 0.1) is 12.8 Å². The molecule has 0 saturated carbocycles. The average Bonchev–Trinajstić information content (AvgIpc) is 3.08. The first-order valence-electron chi connectivity index (χ1n) is 8.33. The number of esters is 1. The Hall–Kier alpha value is -3.10. The van der Waals surface area contributed by atoms with Gasteiger partial charge in [-0.05, 0) is 18.1 Å². The Morgan fingerprint density at radius 3 is 2.22 bits per heavy atom. The third kappa shape index (κ3) is 5.44. The minimum atomic E-state index is -0.848. The van der Waals surface area contributed by atoms with E-state index in [1.54, 1.807) is 39.0 Å². The molecule has 0 aliphatic carbocycles. The normalized spacial score (nSPS) is 11.8. The number of rotatable bonds is 8. The Bertz CT molecular complexity index is 780. The number of ether oxygens (including phenoxy) is 3. The number of nitrogens with one attached hydrogen (secondary N) is 1. The van der Waals surface area contributed by atoms with Gasteiger partial charge in [-0.15, -0.1) is 10.2 Å². The second kappa shape index (κ2) is 9.02. The molecule has 2 rings (SSSR count). The van der Waals surface area contributed by atoms with Crippen LogP contribution in [0.2, 0.25) is 0 Å². The van der Waals surface area contributed by atoms with E-state index in [1.807, 2.05) is 0 Å². The fourth-order valence-electron chi connectivity index (χ4n) is 2.28. The van der Waals surface area contributed by atoms with Crippen LogP contribution in [0.3, 0.4) is 0 Å². The fraction of sp³-hybridized carbons (Fsp3) is 0.444. The second-order valence-electron chi connectivity index (χ2n) is 6.12. The van der Waals surface area contributed by atoms with Gasteiger partial charge in [0.15, 0.2) is 6.61 Å². The van der Waals surface area contributed by atoms with Crippen LogP contribution in [-0.2, 0) is 16.1 Å². The predicted molar refractivity (Wildman–Crippen MR) is 94.5 cm³/mol. The van der Waals surface area contributed by atoms with Crippen LogP contribution in [0.1, 0.15) is 36.0 Å². The van der Waals surface area contributed by atoms with E-state index in [4.69, 9.17) is 18.6 Å². The Morgan fingerprint density at radius 1 is 1.11 bits per heavy atom. The van der Waals surface area contributed by atoms with Crippen LogP contribution in [-0.4, -0.2) is 42.3 Å². The molecule has 9 nitrogen and oxygen atoms in total. The van der Waals surface area contributed by atoms with Crippen LogP contribution in [0.15, 0.2) is 22.6 Å². The van der Waals surface area contributed by atoms with Crippen molar-refractivity contribution in [3.05, 3.63) is 35.5 Å². The number of methoxy groups -OCH3 is 2. The molecule has 27 heavy (non-hydrogen) atoms. The van der Waals surface area contributed by atoms with Crippen LogP contribution >= 0.6 is 0 Å². The van der Waals surface area contributed by atoms with Crippen molar-refractivity contribution in [1.29, 1.82) is 0 Å². The highest BCUT2D eigenvalue weighted by Gasteiger charge is 2.27. The van der Waals surface area contributed by atoms with Gasteiger partial charge in [-0.1, -0.05) is 13.8 Å². The summed E-state index contributed by atoms with van der Waals surface area (Å²) >= 11 is 0. The molecule has 2 aromatic rings. The molecule has 9 heteroatoms. The van der Waals surface area contributed by atoms with Gasteiger partial charge in [0, 0.05) is 18.6 Å². The highest BCUT2D eigenvalue weighted by atomic mass is 16.5. The number of hydrogen-bond donors (Lipinski definition) is 1. The molecular weight excluding hydrogens is 354 g/mol. The number of carbonyl (C=O) groups excluding carboxylic acids is 2. The molecule has 0 saturated heterocycles. The lowest BCUT2D eigenvalue weighted by Gasteiger charge is -2.20. The second-order valence-corrected chi connectivity index (χ2v) is 6.12. The molecule has 0 fully saturated rings. The number of aryl methyl sites for hydroxylation is 1. The molecule has 1 amide bonds. The summed E-state index contributed by atoms with van der Waals surface area (Å²) < 4.78 is 20.7. The number of carbonyl (C=O) groups is 2. The lowest BCUT2D eigenvalue weighted by molar-refractivity contribution is -0.149. The van der Waals surface area contributed by atoms with Crippen molar-refractivity contribution in [2.24, 2.45) is 5.92 Å². The first kappa shape index (κ1) is 20.2. The third-order valence-electron chi connectivity index (χ3n) is 3.73. The van der Waals surface area contributed by atoms with Crippen molar-refractivity contribution in [1.82, 2.24) is 15.5 Å². The molecular formula is C18H23N3O6. The van der Waals surface area contributed by atoms with Crippen molar-refractivity contribution in [2.75, 3.05) is 14.2 Å². The number of hydrogen-bond acceptors (Lipinski definition) is 8. The van der Waals surface area contributed by atoms with Gasteiger partial charge in [0.1, 0.15) is 17.5 Å². The third-order valence-corrected chi connectivity index (χ3v) is 3.73. The monoisotopic (exact) mass is 377 g/mol. The number of amides is 1. The van der Waals surface area contributed by atoms with Crippen molar-refractivity contribution in [3.63, 3.8) is 0 Å². The van der Waals surface area contributed by atoms with E-state index in [1.165, 1.54) is 14.2 Å². The van der Waals surface area contributed by atoms with Gasteiger partial charge in [0.25, 0.3) is 11.8 Å². The van der Waals surface area contributed by atoms with Crippen LogP contribution < -0.4 is 14.8 Å². The minimum absolute atomic E-state index is 0.161. The first-order valence-corrected chi connectivity index (χ1v) is 8.33. The van der Waals surface area contributed by atoms with Crippen LogP contribution in [0.25, 0.3) is 0 Å². The van der Waals surface area contributed by atoms with Gasteiger partial charge in [0.05, 0.1) is 14.2 Å². The molecule has 1 heterocycles. The highest BCUT2D eigenvalue weighted by molar-refractivity contribution is 5.97. The molecule has 0 unspecified atom stereocenters. The molecule has 1 atom stereocenters. The molecule has 0 spiro atoms. The zero-order valence-corrected chi connectivity index (χ0v) is 15.9. The largest absolute Gasteiger partial charge is 0.497 e. The number of aromatic nitrogens is 2. The van der Waals surface area contributed by atoms with E-state index in [-0.39, 0.29) is 18.4 Å². The molecule has 1 N–H and O–H groups in total. The number of nitrogens with zero attached hydrogens (tertiary/aromatic N) is 2. The van der Waals surface area contributed by atoms with Crippen molar-refractivity contribution >= 4 is 11.9 Å². The average molecular weight is 377 g/mol. The molecule has 0 aliphatic rings. The zero-order valence-electron chi connectivity index (χ0n) is 15.9. The van der Waals surface area contributed by atoms with Crippen molar-refractivity contribution < 1.29 is 28.2 Å². The molecule has 146 valence electrons. The molecule has 0 bridgehead atoms. The van der Waals surface area contributed by atoms with Gasteiger partial charge in [0.2, 0.25) is 5.89 Å². The van der Waals surface area contributed by atoms with Gasteiger partial charge < -0.3 is 23.9 Å². The summed E-state index contributed by atoms with van der Waals surface area (Å²) in [6.45, 7) is 5.08. The molecule has 0 aliphatic heterocycles. The van der Waals surface area contributed by atoms with Gasteiger partial charge >= 0.3 is 5.97 Å². The predicted octanol–water partition coefficient (Wildman–Crippen LogP) is 1.89. The maximum atomic E-state index is 12.6. The summed E-state index contributed by atoms with van der Waals surface area (Å²) in [5.74, 6) is 0.262. The van der Waals surface area contributed by atoms with E-state index >= 15 is 0 Å². The maximum Gasteiger partial charge on any atom is 0.329 e. The van der Waals surface area contributed by atoms with Gasteiger partial charge in [-0.2, -0.15) is 0 Å². The zero-order chi connectivity index (χ0) is 20.0. The van der Waals surface area contributed by atoms with E-state index < -0.39 is 17.9 Å². The van der Waals surface area contributed by atoms with E-state index in [0.717, 1.165) is 0 Å². The van der Waals surface area contributed by atoms with E-state index in [0.29, 0.717) is 23.0 Å². The Labute approximate surface area is 157 Å². The smallest absolute Gasteiger partial charge is 0.329 e.